The molecule has 4 N–H and O–H groups in total. The molecule has 2 rings (SSSR count). The molecular formula is C7H10N6S. The first-order valence-corrected chi connectivity index (χ1v) is 4.97. The van der Waals surface area contributed by atoms with Crippen LogP contribution >= 0.6 is 11.3 Å². The molecule has 6 nitrogen and oxygen atoms in total. The van der Waals surface area contributed by atoms with Crippen molar-refractivity contribution in [3.63, 3.8) is 0 Å². The Hall–Kier alpha value is -1.31. The van der Waals surface area contributed by atoms with E-state index in [9.17, 15) is 0 Å². The fourth-order valence-corrected chi connectivity index (χ4v) is 1.81. The third-order valence-corrected chi connectivity index (χ3v) is 2.68. The number of aromatic amines is 1. The Morgan fingerprint density at radius 2 is 2.50 bits per heavy atom. The minimum absolute atomic E-state index is 0.0193. The van der Waals surface area contributed by atoms with E-state index >= 15 is 0 Å². The van der Waals surface area contributed by atoms with E-state index in [1.165, 1.54) is 0 Å². The van der Waals surface area contributed by atoms with Gasteiger partial charge in [-0.15, -0.1) is 11.3 Å². The van der Waals surface area contributed by atoms with Gasteiger partial charge in [-0.3, -0.25) is 16.3 Å². The number of nitrogens with one attached hydrogen (secondary N) is 2. The van der Waals surface area contributed by atoms with Gasteiger partial charge in [-0.2, -0.15) is 15.4 Å². The molecule has 0 saturated heterocycles. The third kappa shape index (κ3) is 1.95. The third-order valence-electron chi connectivity index (χ3n) is 1.88. The van der Waals surface area contributed by atoms with E-state index in [0.29, 0.717) is 0 Å². The zero-order valence-corrected chi connectivity index (χ0v) is 8.16. The van der Waals surface area contributed by atoms with Crippen LogP contribution in [0.4, 0.5) is 0 Å². The molecule has 2 aromatic rings. The van der Waals surface area contributed by atoms with E-state index in [0.717, 1.165) is 17.0 Å². The van der Waals surface area contributed by atoms with Crippen LogP contribution in [0.15, 0.2) is 17.9 Å². The van der Waals surface area contributed by atoms with Crippen LogP contribution in [0.1, 0.15) is 16.6 Å². The van der Waals surface area contributed by atoms with Crippen molar-refractivity contribution in [2.45, 2.75) is 12.5 Å². The molecule has 2 heterocycles. The number of hydrazine groups is 1. The van der Waals surface area contributed by atoms with Crippen LogP contribution in [0.25, 0.3) is 0 Å². The molecule has 74 valence electrons. The Labute approximate surface area is 84.5 Å². The van der Waals surface area contributed by atoms with Crippen LogP contribution in [-0.4, -0.2) is 20.4 Å². The lowest BCUT2D eigenvalue weighted by atomic mass is 10.1. The van der Waals surface area contributed by atoms with E-state index in [2.05, 4.69) is 25.8 Å². The number of hydrogen-bond acceptors (Lipinski definition) is 6. The van der Waals surface area contributed by atoms with Gasteiger partial charge in [-0.1, -0.05) is 0 Å². The van der Waals surface area contributed by atoms with Crippen LogP contribution < -0.4 is 11.3 Å². The maximum atomic E-state index is 5.43. The molecule has 0 aliphatic rings. The molecule has 0 bridgehead atoms. The van der Waals surface area contributed by atoms with Crippen molar-refractivity contribution in [1.29, 1.82) is 0 Å². The van der Waals surface area contributed by atoms with Crippen LogP contribution in [-0.2, 0) is 6.42 Å². The van der Waals surface area contributed by atoms with Crippen molar-refractivity contribution >= 4 is 11.3 Å². The molecule has 1 atom stereocenters. The molecule has 0 aromatic carbocycles. The molecule has 1 unspecified atom stereocenters. The minimum Gasteiger partial charge on any atom is -0.271 e. The van der Waals surface area contributed by atoms with Crippen molar-refractivity contribution in [2.24, 2.45) is 5.84 Å². The van der Waals surface area contributed by atoms with E-state index in [4.69, 9.17) is 5.84 Å². The highest BCUT2D eigenvalue weighted by atomic mass is 32.1. The number of nitrogens with two attached hydrogens (primary N) is 1. The Morgan fingerprint density at radius 3 is 3.07 bits per heavy atom. The molecule has 2 aromatic heterocycles. The van der Waals surface area contributed by atoms with Crippen LogP contribution in [0.5, 0.6) is 0 Å². The summed E-state index contributed by atoms with van der Waals surface area (Å²) in [4.78, 5) is 5.16. The standard InChI is InChI=1S/C7H10N6S/c8-11-6(7-3-10-13-12-7)1-5-2-9-4-14-5/h2-4,6,11H,1,8H2,(H,10,12,13). The van der Waals surface area contributed by atoms with Crippen LogP contribution in [0.2, 0.25) is 0 Å². The zero-order chi connectivity index (χ0) is 9.80. The summed E-state index contributed by atoms with van der Waals surface area (Å²) in [6, 6.07) is -0.0193. The average molecular weight is 210 g/mol. The summed E-state index contributed by atoms with van der Waals surface area (Å²) in [5, 5.41) is 10.3. The fourth-order valence-electron chi connectivity index (χ4n) is 1.17. The van der Waals surface area contributed by atoms with Gasteiger partial charge in [0.25, 0.3) is 0 Å². The largest absolute Gasteiger partial charge is 0.271 e. The lowest BCUT2D eigenvalue weighted by Crippen LogP contribution is -2.29. The van der Waals surface area contributed by atoms with Gasteiger partial charge in [-0.25, -0.2) is 0 Å². The van der Waals surface area contributed by atoms with Gasteiger partial charge in [0.2, 0.25) is 0 Å². The predicted octanol–water partition coefficient (Wildman–Crippen LogP) is 0.00830. The summed E-state index contributed by atoms with van der Waals surface area (Å²) in [7, 11) is 0. The van der Waals surface area contributed by atoms with Crippen molar-refractivity contribution in [2.75, 3.05) is 0 Å². The van der Waals surface area contributed by atoms with Gasteiger partial charge >= 0.3 is 0 Å². The molecule has 0 spiro atoms. The van der Waals surface area contributed by atoms with Crippen LogP contribution in [0.3, 0.4) is 0 Å². The maximum absolute atomic E-state index is 5.43. The van der Waals surface area contributed by atoms with E-state index in [1.807, 2.05) is 6.20 Å². The summed E-state index contributed by atoms with van der Waals surface area (Å²) < 4.78 is 0. The first-order valence-electron chi connectivity index (χ1n) is 4.09. The molecule has 0 saturated carbocycles. The van der Waals surface area contributed by atoms with Crippen molar-refractivity contribution < 1.29 is 0 Å². The monoisotopic (exact) mass is 210 g/mol. The highest BCUT2D eigenvalue weighted by Crippen LogP contribution is 2.16. The topological polar surface area (TPSA) is 92.5 Å². The van der Waals surface area contributed by atoms with E-state index in [-0.39, 0.29) is 6.04 Å². The normalized spacial score (nSPS) is 12.9. The van der Waals surface area contributed by atoms with Gasteiger partial charge < -0.3 is 0 Å². The lowest BCUT2D eigenvalue weighted by Gasteiger charge is -2.10. The lowest BCUT2D eigenvalue weighted by molar-refractivity contribution is 0.540. The minimum atomic E-state index is -0.0193. The summed E-state index contributed by atoms with van der Waals surface area (Å²) in [5.74, 6) is 5.43. The average Bonchev–Trinajstić information content (AvgIpc) is 2.86. The Kier molecular flexibility index (Phi) is 2.82. The Morgan fingerprint density at radius 1 is 1.57 bits per heavy atom. The van der Waals surface area contributed by atoms with Crippen molar-refractivity contribution in [3.8, 4) is 0 Å². The molecular weight excluding hydrogens is 200 g/mol. The smallest absolute Gasteiger partial charge is 0.101 e. The van der Waals surface area contributed by atoms with Gasteiger partial charge in [0.1, 0.15) is 5.69 Å². The maximum Gasteiger partial charge on any atom is 0.101 e. The molecule has 14 heavy (non-hydrogen) atoms. The molecule has 7 heteroatoms. The van der Waals surface area contributed by atoms with E-state index < -0.39 is 0 Å². The second-order valence-electron chi connectivity index (χ2n) is 2.79. The summed E-state index contributed by atoms with van der Waals surface area (Å²) in [5.41, 5.74) is 5.30. The Bertz CT molecular complexity index is 355. The van der Waals surface area contributed by atoms with Gasteiger partial charge in [-0.05, 0) is 0 Å². The SMILES string of the molecule is NNC(Cc1cncs1)c1cn[nH]n1. The Balaban J connectivity index is 2.08. The van der Waals surface area contributed by atoms with Gasteiger partial charge in [0, 0.05) is 17.5 Å². The van der Waals surface area contributed by atoms with Crippen molar-refractivity contribution in [1.82, 2.24) is 25.8 Å². The highest BCUT2D eigenvalue weighted by Gasteiger charge is 2.13. The summed E-state index contributed by atoms with van der Waals surface area (Å²) in [6.07, 6.45) is 4.26. The second kappa shape index (κ2) is 4.27. The molecule has 0 amide bonds. The number of rotatable bonds is 4. The second-order valence-corrected chi connectivity index (χ2v) is 3.76. The summed E-state index contributed by atoms with van der Waals surface area (Å²) in [6.45, 7) is 0. The van der Waals surface area contributed by atoms with Gasteiger partial charge in [0.05, 0.1) is 17.7 Å². The number of hydrogen-bond donors (Lipinski definition) is 3. The predicted molar refractivity (Wildman–Crippen MR) is 52.3 cm³/mol. The number of nitrogens with zero attached hydrogens (tertiary/aromatic N) is 3. The first kappa shape index (κ1) is 9.25. The highest BCUT2D eigenvalue weighted by molar-refractivity contribution is 7.09. The number of thiazole rings is 1. The zero-order valence-electron chi connectivity index (χ0n) is 7.34. The fraction of sp³-hybridized carbons (Fsp3) is 0.286. The quantitative estimate of drug-likeness (QED) is 0.488. The molecule has 0 radical (unpaired) electrons. The van der Waals surface area contributed by atoms with Crippen LogP contribution in [0, 0.1) is 0 Å². The molecule has 0 aliphatic carbocycles. The van der Waals surface area contributed by atoms with Gasteiger partial charge in [0.15, 0.2) is 0 Å². The summed E-state index contributed by atoms with van der Waals surface area (Å²) >= 11 is 1.60. The first-order chi connectivity index (χ1) is 6.90. The number of H-pyrrole nitrogens is 1. The molecule has 0 fully saturated rings. The van der Waals surface area contributed by atoms with E-state index in [1.54, 1.807) is 23.0 Å². The number of aromatic nitrogens is 4. The molecule has 0 aliphatic heterocycles. The van der Waals surface area contributed by atoms with Crippen molar-refractivity contribution in [3.05, 3.63) is 28.5 Å².